The average Bonchev–Trinajstić information content (AvgIpc) is 2.69. The van der Waals surface area contributed by atoms with E-state index in [9.17, 15) is 9.59 Å². The molecule has 150 valence electrons. The maximum Gasteiger partial charge on any atom is 0.226 e. The van der Waals surface area contributed by atoms with Gasteiger partial charge in [-0.3, -0.25) is 9.59 Å². The molecule has 0 fully saturated rings. The van der Waals surface area contributed by atoms with Crippen LogP contribution in [-0.2, 0) is 9.59 Å². The molecule has 28 heavy (non-hydrogen) atoms. The number of unbranched alkanes of at least 4 members (excludes halogenated alkanes) is 1. The molecule has 0 saturated heterocycles. The second kappa shape index (κ2) is 10.6. The third kappa shape index (κ3) is 5.44. The van der Waals surface area contributed by atoms with E-state index in [2.05, 4.69) is 0 Å². The maximum atomic E-state index is 12.7. The highest BCUT2D eigenvalue weighted by molar-refractivity contribution is 5.95. The lowest BCUT2D eigenvalue weighted by Crippen LogP contribution is -2.32. The predicted octanol–water partition coefficient (Wildman–Crippen LogP) is 5.27. The Kier molecular flexibility index (Phi) is 8.24. The molecule has 0 aliphatic carbocycles. The zero-order valence-electron chi connectivity index (χ0n) is 17.6. The minimum atomic E-state index is 0.121. The summed E-state index contributed by atoms with van der Waals surface area (Å²) in [5.74, 6) is 0.242. The summed E-state index contributed by atoms with van der Waals surface area (Å²) in [7, 11) is 0. The highest BCUT2D eigenvalue weighted by atomic mass is 16.2. The summed E-state index contributed by atoms with van der Waals surface area (Å²) in [6.07, 6.45) is 2.37. The van der Waals surface area contributed by atoms with E-state index in [-0.39, 0.29) is 11.8 Å². The molecule has 2 amide bonds. The molecular formula is C24H32N2O2. The predicted molar refractivity (Wildman–Crippen MR) is 117 cm³/mol. The van der Waals surface area contributed by atoms with Crippen LogP contribution >= 0.6 is 0 Å². The van der Waals surface area contributed by atoms with Crippen molar-refractivity contribution in [3.8, 4) is 0 Å². The Morgan fingerprint density at radius 2 is 1.04 bits per heavy atom. The van der Waals surface area contributed by atoms with Gasteiger partial charge in [-0.2, -0.15) is 0 Å². The molecule has 0 radical (unpaired) electrons. The molecule has 4 heteroatoms. The molecule has 0 spiro atoms. The van der Waals surface area contributed by atoms with Gasteiger partial charge in [0.1, 0.15) is 0 Å². The van der Waals surface area contributed by atoms with E-state index in [0.29, 0.717) is 25.9 Å². The van der Waals surface area contributed by atoms with Crippen LogP contribution < -0.4 is 9.80 Å². The van der Waals surface area contributed by atoms with Crippen LogP contribution in [0.15, 0.2) is 48.5 Å². The summed E-state index contributed by atoms with van der Waals surface area (Å²) < 4.78 is 0. The summed E-state index contributed by atoms with van der Waals surface area (Å²) in [5.41, 5.74) is 4.15. The van der Waals surface area contributed by atoms with Crippen LogP contribution in [0.5, 0.6) is 0 Å². The molecule has 4 nitrogen and oxygen atoms in total. The Hall–Kier alpha value is -2.62. The summed E-state index contributed by atoms with van der Waals surface area (Å²) >= 11 is 0. The van der Waals surface area contributed by atoms with Crippen LogP contribution in [0, 0.1) is 13.8 Å². The average molecular weight is 381 g/mol. The molecule has 0 aromatic heterocycles. The van der Waals surface area contributed by atoms with E-state index in [0.717, 1.165) is 35.3 Å². The monoisotopic (exact) mass is 380 g/mol. The summed E-state index contributed by atoms with van der Waals surface area (Å²) in [4.78, 5) is 29.0. The molecule has 0 bridgehead atoms. The van der Waals surface area contributed by atoms with Crippen molar-refractivity contribution in [1.29, 1.82) is 0 Å². The Balaban J connectivity index is 1.87. The molecule has 0 heterocycles. The van der Waals surface area contributed by atoms with Crippen LogP contribution in [0.1, 0.15) is 50.7 Å². The van der Waals surface area contributed by atoms with Crippen molar-refractivity contribution in [2.24, 2.45) is 0 Å². The van der Waals surface area contributed by atoms with E-state index in [1.807, 2.05) is 86.0 Å². The molecule has 0 aliphatic rings. The number of hydrogen-bond donors (Lipinski definition) is 0. The molecule has 0 N–H and O–H groups in total. The largest absolute Gasteiger partial charge is 0.312 e. The third-order valence-electron chi connectivity index (χ3n) is 5.08. The Morgan fingerprint density at radius 1 is 0.679 bits per heavy atom. The molecule has 2 aromatic rings. The first-order chi connectivity index (χ1) is 13.5. The van der Waals surface area contributed by atoms with E-state index in [1.54, 1.807) is 0 Å². The molecule has 0 aliphatic heterocycles. The van der Waals surface area contributed by atoms with Gasteiger partial charge in [-0.05, 0) is 63.8 Å². The fourth-order valence-electron chi connectivity index (χ4n) is 3.52. The number of hydrogen-bond acceptors (Lipinski definition) is 2. The summed E-state index contributed by atoms with van der Waals surface area (Å²) in [6, 6.07) is 15.9. The lowest BCUT2D eigenvalue weighted by atomic mass is 10.1. The second-order valence-corrected chi connectivity index (χ2v) is 7.06. The lowest BCUT2D eigenvalue weighted by molar-refractivity contribution is -0.120. The number of anilines is 2. The first-order valence-electron chi connectivity index (χ1n) is 10.2. The Morgan fingerprint density at radius 3 is 1.36 bits per heavy atom. The number of nitrogens with zero attached hydrogens (tertiary/aromatic N) is 2. The highest BCUT2D eigenvalue weighted by Gasteiger charge is 2.17. The van der Waals surface area contributed by atoms with Crippen molar-refractivity contribution < 1.29 is 9.59 Å². The van der Waals surface area contributed by atoms with Gasteiger partial charge in [0.05, 0.1) is 0 Å². The minimum Gasteiger partial charge on any atom is -0.312 e. The molecule has 0 atom stereocenters. The highest BCUT2D eigenvalue weighted by Crippen LogP contribution is 2.22. The number of amides is 2. The first kappa shape index (κ1) is 21.7. The van der Waals surface area contributed by atoms with Crippen LogP contribution in [0.25, 0.3) is 0 Å². The molecule has 2 rings (SSSR count). The fourth-order valence-corrected chi connectivity index (χ4v) is 3.52. The Bertz CT molecular complexity index is 733. The first-order valence-corrected chi connectivity index (χ1v) is 10.2. The van der Waals surface area contributed by atoms with Crippen molar-refractivity contribution in [3.63, 3.8) is 0 Å². The zero-order valence-corrected chi connectivity index (χ0v) is 17.6. The molecule has 0 unspecified atom stereocenters. The topological polar surface area (TPSA) is 40.6 Å². The number of carbonyl (C=O) groups excluding carboxylic acids is 2. The minimum absolute atomic E-state index is 0.121. The number of carbonyl (C=O) groups is 2. The van der Waals surface area contributed by atoms with Crippen molar-refractivity contribution in [3.05, 3.63) is 59.7 Å². The van der Waals surface area contributed by atoms with Gasteiger partial charge in [0, 0.05) is 37.3 Å². The maximum absolute atomic E-state index is 12.7. The number of rotatable bonds is 9. The summed E-state index contributed by atoms with van der Waals surface area (Å²) in [5, 5.41) is 0. The van der Waals surface area contributed by atoms with Crippen LogP contribution in [0.4, 0.5) is 11.4 Å². The van der Waals surface area contributed by atoms with Crippen molar-refractivity contribution >= 4 is 23.2 Å². The molecule has 0 saturated carbocycles. The van der Waals surface area contributed by atoms with Crippen LogP contribution in [-0.4, -0.2) is 24.9 Å². The lowest BCUT2D eigenvalue weighted by Gasteiger charge is -2.24. The van der Waals surface area contributed by atoms with Crippen LogP contribution in [0.2, 0.25) is 0 Å². The van der Waals surface area contributed by atoms with E-state index in [4.69, 9.17) is 0 Å². The normalized spacial score (nSPS) is 10.6. The SMILES string of the molecule is CCN(C(=O)CCCCC(=O)N(CC)c1ccccc1C)c1ccccc1C. The fraction of sp³-hybridized carbons (Fsp3) is 0.417. The van der Waals surface area contributed by atoms with Gasteiger partial charge in [0.2, 0.25) is 11.8 Å². The number of aryl methyl sites for hydroxylation is 2. The van der Waals surface area contributed by atoms with E-state index in [1.165, 1.54) is 0 Å². The van der Waals surface area contributed by atoms with Crippen molar-refractivity contribution in [2.45, 2.75) is 53.4 Å². The van der Waals surface area contributed by atoms with Crippen molar-refractivity contribution in [2.75, 3.05) is 22.9 Å². The smallest absolute Gasteiger partial charge is 0.226 e. The van der Waals surface area contributed by atoms with Gasteiger partial charge in [-0.15, -0.1) is 0 Å². The van der Waals surface area contributed by atoms with Gasteiger partial charge in [-0.25, -0.2) is 0 Å². The standard InChI is InChI=1S/C24H32N2O2/c1-5-25(21-15-9-7-13-19(21)3)23(27)17-11-12-18-24(28)26(6-2)22-16-10-8-14-20(22)4/h7-10,13-16H,5-6,11-12,17-18H2,1-4H3. The van der Waals surface area contributed by atoms with E-state index < -0.39 is 0 Å². The van der Waals surface area contributed by atoms with Gasteiger partial charge in [0.25, 0.3) is 0 Å². The van der Waals surface area contributed by atoms with Gasteiger partial charge in [-0.1, -0.05) is 36.4 Å². The number of benzene rings is 2. The molecular weight excluding hydrogens is 348 g/mol. The number of para-hydroxylation sites is 2. The van der Waals surface area contributed by atoms with Gasteiger partial charge >= 0.3 is 0 Å². The van der Waals surface area contributed by atoms with Crippen molar-refractivity contribution in [1.82, 2.24) is 0 Å². The third-order valence-corrected chi connectivity index (χ3v) is 5.08. The quantitative estimate of drug-likeness (QED) is 0.556. The van der Waals surface area contributed by atoms with Gasteiger partial charge in [0.15, 0.2) is 0 Å². The van der Waals surface area contributed by atoms with Gasteiger partial charge < -0.3 is 9.80 Å². The van der Waals surface area contributed by atoms with Crippen LogP contribution in [0.3, 0.4) is 0 Å². The summed E-state index contributed by atoms with van der Waals surface area (Å²) in [6.45, 7) is 9.34. The molecule has 2 aromatic carbocycles. The second-order valence-electron chi connectivity index (χ2n) is 7.06. The van der Waals surface area contributed by atoms with E-state index >= 15 is 0 Å². The Labute approximate surface area is 169 Å². The zero-order chi connectivity index (χ0) is 20.5.